The molecule has 0 bridgehead atoms. The number of nitrogens with zero attached hydrogens (tertiary/aromatic N) is 2. The first-order valence-electron chi connectivity index (χ1n) is 7.72. The molecule has 0 radical (unpaired) electrons. The average Bonchev–Trinajstić information content (AvgIpc) is 2.95. The zero-order valence-corrected chi connectivity index (χ0v) is 16.6. The molecule has 3 rings (SSSR count). The predicted octanol–water partition coefficient (Wildman–Crippen LogP) is 4.44. The van der Waals surface area contributed by atoms with E-state index in [2.05, 4.69) is 4.74 Å². The normalized spacial score (nSPS) is 15.2. The molecule has 0 aliphatic carbocycles. The molecule has 2 aromatic rings. The Morgan fingerprint density at radius 2 is 1.96 bits per heavy atom. The van der Waals surface area contributed by atoms with Crippen molar-refractivity contribution in [3.8, 4) is 0 Å². The van der Waals surface area contributed by atoms with Crippen LogP contribution >= 0.6 is 35.6 Å². The molecule has 7 nitrogen and oxygen atoms in total. The van der Waals surface area contributed by atoms with Crippen LogP contribution in [0.25, 0.3) is 6.08 Å². The highest BCUT2D eigenvalue weighted by Gasteiger charge is 2.33. The molecule has 1 saturated heterocycles. The molecule has 0 aromatic heterocycles. The van der Waals surface area contributed by atoms with E-state index in [0.29, 0.717) is 26.0 Å². The van der Waals surface area contributed by atoms with Crippen LogP contribution in [0.3, 0.4) is 0 Å². The number of hydrogen-bond donors (Lipinski definition) is 0. The molecule has 0 N–H and O–H groups in total. The minimum Gasteiger partial charge on any atom is -0.465 e. The van der Waals surface area contributed by atoms with Crippen molar-refractivity contribution in [1.29, 1.82) is 0 Å². The molecule has 0 unspecified atom stereocenters. The number of rotatable bonds is 4. The lowest BCUT2D eigenvalue weighted by atomic mass is 10.1. The van der Waals surface area contributed by atoms with Crippen molar-refractivity contribution in [3.05, 3.63) is 73.6 Å². The van der Waals surface area contributed by atoms with Gasteiger partial charge in [0, 0.05) is 6.07 Å². The Hall–Kier alpha value is -2.75. The fraction of sp³-hybridized carbons (Fsp3) is 0.0556. The summed E-state index contributed by atoms with van der Waals surface area (Å²) in [6.07, 6.45) is 1.52. The van der Waals surface area contributed by atoms with Crippen molar-refractivity contribution in [1.82, 2.24) is 0 Å². The molecule has 0 spiro atoms. The average molecular weight is 435 g/mol. The number of methoxy groups -OCH3 is 1. The number of halogens is 1. The number of ether oxygens (including phenoxy) is 1. The van der Waals surface area contributed by atoms with Crippen molar-refractivity contribution in [2.45, 2.75) is 0 Å². The van der Waals surface area contributed by atoms with Crippen molar-refractivity contribution in [3.63, 3.8) is 0 Å². The number of carbonyl (C=O) groups excluding carboxylic acids is 2. The van der Waals surface area contributed by atoms with Crippen LogP contribution in [0.1, 0.15) is 15.9 Å². The van der Waals surface area contributed by atoms with Gasteiger partial charge in [0.1, 0.15) is 5.02 Å². The fourth-order valence-corrected chi connectivity index (χ4v) is 3.95. The van der Waals surface area contributed by atoms with Gasteiger partial charge in [-0.25, -0.2) is 4.79 Å². The summed E-state index contributed by atoms with van der Waals surface area (Å²) in [5.74, 6) is -0.848. The van der Waals surface area contributed by atoms with Crippen molar-refractivity contribution in [2.24, 2.45) is 0 Å². The summed E-state index contributed by atoms with van der Waals surface area (Å²) in [5, 5.41) is 11.0. The molecule has 1 heterocycles. The standard InChI is InChI=1S/C18H11ClN2O5S2/c1-26-17(23)11-3-5-12(6-4-11)20-16(22)15(28-18(20)27)9-10-2-7-13(19)14(8-10)21(24)25/h2-9H,1H3. The number of anilines is 1. The highest BCUT2D eigenvalue weighted by Crippen LogP contribution is 2.37. The second-order valence-electron chi connectivity index (χ2n) is 5.52. The Morgan fingerprint density at radius 3 is 2.57 bits per heavy atom. The first-order valence-corrected chi connectivity index (χ1v) is 9.32. The van der Waals surface area contributed by atoms with Crippen LogP contribution in [0, 0.1) is 10.1 Å². The van der Waals surface area contributed by atoms with Gasteiger partial charge in [0.05, 0.1) is 28.2 Å². The maximum absolute atomic E-state index is 12.8. The van der Waals surface area contributed by atoms with E-state index in [9.17, 15) is 19.7 Å². The van der Waals surface area contributed by atoms with Gasteiger partial charge in [-0.15, -0.1) is 0 Å². The summed E-state index contributed by atoms with van der Waals surface area (Å²) in [5.41, 5.74) is 1.06. The van der Waals surface area contributed by atoms with Gasteiger partial charge < -0.3 is 4.74 Å². The van der Waals surface area contributed by atoms with Crippen molar-refractivity contribution < 1.29 is 19.2 Å². The number of hydrogen-bond acceptors (Lipinski definition) is 7. The first kappa shape index (κ1) is 20.0. The fourth-order valence-electron chi connectivity index (χ4n) is 2.47. The summed E-state index contributed by atoms with van der Waals surface area (Å²) in [6.45, 7) is 0. The number of thioether (sulfide) groups is 1. The summed E-state index contributed by atoms with van der Waals surface area (Å²) < 4.78 is 4.96. The van der Waals surface area contributed by atoms with Crippen LogP contribution in [0.2, 0.25) is 5.02 Å². The third-order valence-corrected chi connectivity index (χ3v) is 5.43. The van der Waals surface area contributed by atoms with E-state index in [4.69, 9.17) is 23.8 Å². The molecule has 2 aromatic carbocycles. The monoisotopic (exact) mass is 434 g/mol. The number of amides is 1. The summed E-state index contributed by atoms with van der Waals surface area (Å²) in [4.78, 5) is 36.4. The van der Waals surface area contributed by atoms with Gasteiger partial charge in [-0.3, -0.25) is 19.8 Å². The quantitative estimate of drug-likeness (QED) is 0.231. The first-order chi connectivity index (χ1) is 13.3. The number of thiocarbonyl (C=S) groups is 1. The molecular weight excluding hydrogens is 424 g/mol. The van der Waals surface area contributed by atoms with Crippen LogP contribution < -0.4 is 4.90 Å². The Bertz CT molecular complexity index is 1040. The van der Waals surface area contributed by atoms with Gasteiger partial charge >= 0.3 is 5.97 Å². The van der Waals surface area contributed by atoms with E-state index in [1.54, 1.807) is 18.2 Å². The van der Waals surface area contributed by atoms with E-state index in [-0.39, 0.29) is 16.6 Å². The molecule has 1 amide bonds. The van der Waals surface area contributed by atoms with E-state index < -0.39 is 10.9 Å². The third kappa shape index (κ3) is 3.91. The Labute approximate surface area is 174 Å². The third-order valence-electron chi connectivity index (χ3n) is 3.80. The molecule has 28 heavy (non-hydrogen) atoms. The van der Waals surface area contributed by atoms with Gasteiger partial charge in [0.25, 0.3) is 11.6 Å². The molecule has 1 aliphatic rings. The van der Waals surface area contributed by atoms with E-state index in [0.717, 1.165) is 11.8 Å². The SMILES string of the molecule is COC(=O)c1ccc(N2C(=O)C(=Cc3ccc(Cl)c([N+](=O)[O-])c3)SC2=S)cc1. The molecule has 1 aliphatic heterocycles. The number of benzene rings is 2. The van der Waals surface area contributed by atoms with E-state index in [1.807, 2.05) is 0 Å². The molecule has 142 valence electrons. The largest absolute Gasteiger partial charge is 0.465 e. The van der Waals surface area contributed by atoms with Gasteiger partial charge in [-0.05, 0) is 42.0 Å². The predicted molar refractivity (Wildman–Crippen MR) is 112 cm³/mol. The second-order valence-corrected chi connectivity index (χ2v) is 7.61. The maximum Gasteiger partial charge on any atom is 0.337 e. The van der Waals surface area contributed by atoms with Crippen LogP contribution in [-0.2, 0) is 9.53 Å². The molecule has 10 heteroatoms. The summed E-state index contributed by atoms with van der Waals surface area (Å²) in [7, 11) is 1.28. The van der Waals surface area contributed by atoms with Crippen LogP contribution in [-0.4, -0.2) is 28.2 Å². The van der Waals surface area contributed by atoms with Crippen LogP contribution in [0.5, 0.6) is 0 Å². The zero-order chi connectivity index (χ0) is 20.4. The minimum atomic E-state index is -0.590. The Morgan fingerprint density at radius 1 is 1.29 bits per heavy atom. The minimum absolute atomic E-state index is 0.0143. The van der Waals surface area contributed by atoms with E-state index in [1.165, 1.54) is 42.4 Å². The van der Waals surface area contributed by atoms with Gasteiger partial charge in [-0.2, -0.15) is 0 Å². The van der Waals surface area contributed by atoms with Crippen LogP contribution in [0.4, 0.5) is 11.4 Å². The van der Waals surface area contributed by atoms with Crippen LogP contribution in [0.15, 0.2) is 47.4 Å². The number of nitro groups is 1. The topological polar surface area (TPSA) is 89.8 Å². The summed E-state index contributed by atoms with van der Waals surface area (Å²) in [6, 6.07) is 10.5. The highest BCUT2D eigenvalue weighted by atomic mass is 35.5. The Kier molecular flexibility index (Phi) is 5.78. The van der Waals surface area contributed by atoms with Crippen molar-refractivity contribution >= 4 is 69.2 Å². The van der Waals surface area contributed by atoms with Gasteiger partial charge in [-0.1, -0.05) is 41.6 Å². The lowest BCUT2D eigenvalue weighted by Crippen LogP contribution is -2.27. The summed E-state index contributed by atoms with van der Waals surface area (Å²) >= 11 is 12.2. The molecule has 0 saturated carbocycles. The van der Waals surface area contributed by atoms with Crippen molar-refractivity contribution in [2.75, 3.05) is 12.0 Å². The van der Waals surface area contributed by atoms with E-state index >= 15 is 0 Å². The molecule has 0 atom stereocenters. The lowest BCUT2D eigenvalue weighted by Gasteiger charge is -2.14. The van der Waals surface area contributed by atoms with Gasteiger partial charge in [0.15, 0.2) is 4.32 Å². The second kappa shape index (κ2) is 8.09. The number of esters is 1. The lowest BCUT2D eigenvalue weighted by molar-refractivity contribution is -0.384. The smallest absolute Gasteiger partial charge is 0.337 e. The van der Waals surface area contributed by atoms with Gasteiger partial charge in [0.2, 0.25) is 0 Å². The molecule has 1 fully saturated rings. The number of nitro benzene ring substituents is 1. The Balaban J connectivity index is 1.89. The maximum atomic E-state index is 12.8. The molecular formula is C18H11ClN2O5S2. The zero-order valence-electron chi connectivity index (χ0n) is 14.2. The number of carbonyl (C=O) groups is 2. The highest BCUT2D eigenvalue weighted by molar-refractivity contribution is 8.27.